The van der Waals surface area contributed by atoms with Gasteiger partial charge in [0.25, 0.3) is 0 Å². The molecule has 1 aromatic carbocycles. The highest BCUT2D eigenvalue weighted by Gasteiger charge is 2.22. The minimum Gasteiger partial charge on any atom is -0.324 e. The van der Waals surface area contributed by atoms with Crippen LogP contribution < -0.4 is 11.1 Å². The second kappa shape index (κ2) is 4.30. The van der Waals surface area contributed by atoms with Gasteiger partial charge in [0.2, 0.25) is 5.91 Å². The summed E-state index contributed by atoms with van der Waals surface area (Å²) in [5.74, 6) is -0.187. The Morgan fingerprint density at radius 3 is 2.93 bits per heavy atom. The van der Waals surface area contributed by atoms with E-state index in [4.69, 9.17) is 11.0 Å². The van der Waals surface area contributed by atoms with Crippen LogP contribution in [0.5, 0.6) is 0 Å². The molecule has 0 bridgehead atoms. The zero-order valence-electron chi connectivity index (χ0n) is 7.86. The van der Waals surface area contributed by atoms with Crippen molar-refractivity contribution in [1.82, 2.24) is 0 Å². The van der Waals surface area contributed by atoms with Crippen LogP contribution in [0.1, 0.15) is 11.1 Å². The summed E-state index contributed by atoms with van der Waals surface area (Å²) in [6.45, 7) is 0. The number of nitrogens with zero attached hydrogens (tertiary/aromatic N) is 1. The summed E-state index contributed by atoms with van der Waals surface area (Å²) in [7, 11) is 0. The highest BCUT2D eigenvalue weighted by Crippen LogP contribution is 2.22. The zero-order valence-corrected chi connectivity index (χ0v) is 8.67. The van der Waals surface area contributed by atoms with Crippen molar-refractivity contribution in [3.63, 3.8) is 0 Å². The maximum absolute atomic E-state index is 11.2. The largest absolute Gasteiger partial charge is 0.324 e. The maximum atomic E-state index is 11.2. The molecule has 0 spiro atoms. The molecule has 1 aliphatic heterocycles. The second-order valence-corrected chi connectivity index (χ2v) is 3.28. The van der Waals surface area contributed by atoms with E-state index in [0.29, 0.717) is 17.7 Å². The summed E-state index contributed by atoms with van der Waals surface area (Å²) in [5, 5.41) is 11.3. The van der Waals surface area contributed by atoms with Crippen molar-refractivity contribution in [2.24, 2.45) is 5.73 Å². The molecule has 4 nitrogen and oxygen atoms in total. The average molecular weight is 224 g/mol. The van der Waals surface area contributed by atoms with Crippen molar-refractivity contribution in [3.8, 4) is 6.07 Å². The van der Waals surface area contributed by atoms with Crippen molar-refractivity contribution in [3.05, 3.63) is 29.3 Å². The first kappa shape index (κ1) is 11.5. The van der Waals surface area contributed by atoms with Crippen LogP contribution in [0, 0.1) is 11.3 Å². The number of hydrogen-bond acceptors (Lipinski definition) is 3. The molecule has 78 valence electrons. The van der Waals surface area contributed by atoms with E-state index >= 15 is 0 Å². The van der Waals surface area contributed by atoms with E-state index in [-0.39, 0.29) is 18.3 Å². The lowest BCUT2D eigenvalue weighted by atomic mass is 9.98. The van der Waals surface area contributed by atoms with Gasteiger partial charge in [-0.1, -0.05) is 6.07 Å². The topological polar surface area (TPSA) is 78.9 Å². The molecule has 5 heteroatoms. The number of rotatable bonds is 0. The van der Waals surface area contributed by atoms with E-state index in [1.807, 2.05) is 12.1 Å². The van der Waals surface area contributed by atoms with Crippen LogP contribution in [0.25, 0.3) is 0 Å². The van der Waals surface area contributed by atoms with Gasteiger partial charge >= 0.3 is 0 Å². The molecule has 0 aromatic heterocycles. The molecule has 1 aliphatic rings. The lowest BCUT2D eigenvalue weighted by molar-refractivity contribution is -0.117. The number of nitriles is 1. The molecule has 1 unspecified atom stereocenters. The zero-order chi connectivity index (χ0) is 10.1. The van der Waals surface area contributed by atoms with E-state index in [1.54, 1.807) is 12.1 Å². The Morgan fingerprint density at radius 1 is 1.53 bits per heavy atom. The Kier molecular flexibility index (Phi) is 3.30. The number of amides is 1. The molecular weight excluding hydrogens is 214 g/mol. The monoisotopic (exact) mass is 223 g/mol. The van der Waals surface area contributed by atoms with Crippen molar-refractivity contribution >= 4 is 24.0 Å². The highest BCUT2D eigenvalue weighted by atomic mass is 35.5. The third-order valence-electron chi connectivity index (χ3n) is 2.27. The third-order valence-corrected chi connectivity index (χ3v) is 2.27. The van der Waals surface area contributed by atoms with Gasteiger partial charge in [0.15, 0.2) is 0 Å². The maximum Gasteiger partial charge on any atom is 0.241 e. The van der Waals surface area contributed by atoms with Gasteiger partial charge < -0.3 is 11.1 Å². The van der Waals surface area contributed by atoms with E-state index < -0.39 is 6.04 Å². The van der Waals surface area contributed by atoms with Gasteiger partial charge in [-0.05, 0) is 24.1 Å². The average Bonchev–Trinajstić information content (AvgIpc) is 2.19. The Balaban J connectivity index is 0.00000112. The summed E-state index contributed by atoms with van der Waals surface area (Å²) >= 11 is 0. The lowest BCUT2D eigenvalue weighted by Crippen LogP contribution is -2.41. The summed E-state index contributed by atoms with van der Waals surface area (Å²) in [6.07, 6.45) is 0.535. The van der Waals surface area contributed by atoms with E-state index in [1.165, 1.54) is 0 Å². The smallest absolute Gasteiger partial charge is 0.241 e. The molecule has 0 aliphatic carbocycles. The number of anilines is 1. The summed E-state index contributed by atoms with van der Waals surface area (Å²) < 4.78 is 0. The summed E-state index contributed by atoms with van der Waals surface area (Å²) in [6, 6.07) is 6.76. The molecule has 0 radical (unpaired) electrons. The molecule has 1 amide bonds. The number of halogens is 1. The fourth-order valence-corrected chi connectivity index (χ4v) is 1.50. The quantitative estimate of drug-likeness (QED) is 0.683. The van der Waals surface area contributed by atoms with Gasteiger partial charge in [-0.3, -0.25) is 4.79 Å². The van der Waals surface area contributed by atoms with Crippen LogP contribution in [-0.2, 0) is 11.2 Å². The van der Waals surface area contributed by atoms with E-state index in [0.717, 1.165) is 5.56 Å². The molecule has 1 heterocycles. The standard InChI is InChI=1S/C10H9N3O.ClH/c11-5-6-1-2-7-4-8(12)10(14)13-9(7)3-6;/h1-3,8H,4,12H2,(H,13,14);1H. The van der Waals surface area contributed by atoms with Crippen LogP contribution in [0.3, 0.4) is 0 Å². The Morgan fingerprint density at radius 2 is 2.27 bits per heavy atom. The number of carbonyl (C=O) groups is 1. The van der Waals surface area contributed by atoms with Gasteiger partial charge in [-0.2, -0.15) is 5.26 Å². The third kappa shape index (κ3) is 2.09. The molecule has 0 saturated carbocycles. The minimum absolute atomic E-state index is 0. The number of carbonyl (C=O) groups excluding carboxylic acids is 1. The summed E-state index contributed by atoms with van der Waals surface area (Å²) in [5.41, 5.74) is 7.81. The fourth-order valence-electron chi connectivity index (χ4n) is 1.50. The van der Waals surface area contributed by atoms with Gasteiger partial charge in [-0.15, -0.1) is 12.4 Å². The van der Waals surface area contributed by atoms with Crippen molar-refractivity contribution in [2.75, 3.05) is 5.32 Å². The Labute approximate surface area is 93.5 Å². The van der Waals surface area contributed by atoms with Crippen molar-refractivity contribution in [1.29, 1.82) is 5.26 Å². The van der Waals surface area contributed by atoms with Gasteiger partial charge in [0, 0.05) is 5.69 Å². The number of nitrogens with one attached hydrogen (secondary N) is 1. The Hall–Kier alpha value is -1.57. The van der Waals surface area contributed by atoms with Crippen LogP contribution in [0.4, 0.5) is 5.69 Å². The minimum atomic E-state index is -0.476. The van der Waals surface area contributed by atoms with Gasteiger partial charge in [0.05, 0.1) is 17.7 Å². The van der Waals surface area contributed by atoms with Crippen molar-refractivity contribution < 1.29 is 4.79 Å². The van der Waals surface area contributed by atoms with Crippen LogP contribution in [0.15, 0.2) is 18.2 Å². The first-order chi connectivity index (χ1) is 6.70. The van der Waals surface area contributed by atoms with E-state index in [2.05, 4.69) is 5.32 Å². The van der Waals surface area contributed by atoms with Gasteiger partial charge in [-0.25, -0.2) is 0 Å². The number of fused-ring (bicyclic) bond motifs is 1. The molecule has 2 rings (SSSR count). The SMILES string of the molecule is Cl.N#Cc1ccc2c(c1)NC(=O)C(N)C2. The lowest BCUT2D eigenvalue weighted by Gasteiger charge is -2.21. The molecule has 15 heavy (non-hydrogen) atoms. The number of nitrogens with two attached hydrogens (primary N) is 1. The van der Waals surface area contributed by atoms with Gasteiger partial charge in [0.1, 0.15) is 0 Å². The molecule has 1 atom stereocenters. The predicted octanol–water partition coefficient (Wildman–Crippen LogP) is 0.802. The molecule has 0 fully saturated rings. The molecule has 0 saturated heterocycles. The highest BCUT2D eigenvalue weighted by molar-refractivity contribution is 5.98. The number of hydrogen-bond donors (Lipinski definition) is 2. The second-order valence-electron chi connectivity index (χ2n) is 3.28. The number of benzene rings is 1. The fraction of sp³-hybridized carbons (Fsp3) is 0.200. The van der Waals surface area contributed by atoms with Crippen molar-refractivity contribution in [2.45, 2.75) is 12.5 Å². The first-order valence-corrected chi connectivity index (χ1v) is 4.30. The molecule has 3 N–H and O–H groups in total. The van der Waals surface area contributed by atoms with Crippen LogP contribution in [0.2, 0.25) is 0 Å². The van der Waals surface area contributed by atoms with Crippen LogP contribution >= 0.6 is 12.4 Å². The first-order valence-electron chi connectivity index (χ1n) is 4.30. The van der Waals surface area contributed by atoms with E-state index in [9.17, 15) is 4.79 Å². The van der Waals surface area contributed by atoms with Crippen LogP contribution in [-0.4, -0.2) is 11.9 Å². The normalized spacial score (nSPS) is 18.1. The summed E-state index contributed by atoms with van der Waals surface area (Å²) in [4.78, 5) is 11.2. The predicted molar refractivity (Wildman–Crippen MR) is 58.7 cm³/mol. The molecular formula is C10H10ClN3O. The molecule has 1 aromatic rings. The Bertz CT molecular complexity index is 439.